The van der Waals surface area contributed by atoms with Crippen LogP contribution in [0.3, 0.4) is 0 Å². The number of rotatable bonds is 3. The molecule has 0 bridgehead atoms. The average Bonchev–Trinajstić information content (AvgIpc) is 2.63. The maximum Gasteiger partial charge on any atom is 0.408 e. The van der Waals surface area contributed by atoms with Crippen molar-refractivity contribution >= 4 is 23.4 Å². The molecule has 0 spiro atoms. The van der Waals surface area contributed by atoms with Crippen LogP contribution in [0.15, 0.2) is 10.9 Å². The van der Waals surface area contributed by atoms with Gasteiger partial charge in [0, 0.05) is 5.38 Å². The molecule has 6 nitrogen and oxygen atoms in total. The lowest BCUT2D eigenvalue weighted by Gasteiger charge is -2.21. The smallest absolute Gasteiger partial charge is 0.408 e. The number of alkyl carbamates (subject to hydrolysis) is 1. The van der Waals surface area contributed by atoms with E-state index in [0.717, 1.165) is 0 Å². The monoisotopic (exact) mass is 258 g/mol. The maximum atomic E-state index is 11.4. The van der Waals surface area contributed by atoms with Crippen molar-refractivity contribution in [2.45, 2.75) is 32.4 Å². The summed E-state index contributed by atoms with van der Waals surface area (Å²) >= 11 is 1.26. The van der Waals surface area contributed by atoms with E-state index in [1.165, 1.54) is 16.8 Å². The number of carboxylic acids is 1. The molecule has 0 radical (unpaired) electrons. The molecule has 2 N–H and O–H groups in total. The van der Waals surface area contributed by atoms with Crippen molar-refractivity contribution in [3.8, 4) is 0 Å². The number of carbonyl (C=O) groups excluding carboxylic acids is 1. The van der Waals surface area contributed by atoms with Crippen molar-refractivity contribution in [3.63, 3.8) is 0 Å². The highest BCUT2D eigenvalue weighted by atomic mass is 32.1. The van der Waals surface area contributed by atoms with Crippen molar-refractivity contribution in [2.24, 2.45) is 0 Å². The van der Waals surface area contributed by atoms with Gasteiger partial charge in [-0.05, 0) is 20.8 Å². The second-order valence-electron chi connectivity index (χ2n) is 4.33. The Kier molecular flexibility index (Phi) is 4.06. The van der Waals surface area contributed by atoms with Crippen LogP contribution in [0, 0.1) is 0 Å². The van der Waals surface area contributed by atoms with E-state index in [1.54, 1.807) is 26.2 Å². The van der Waals surface area contributed by atoms with Crippen LogP contribution < -0.4 is 5.32 Å². The van der Waals surface area contributed by atoms with Crippen LogP contribution in [-0.4, -0.2) is 27.8 Å². The molecule has 1 atom stereocenters. The molecule has 0 saturated heterocycles. The fourth-order valence-corrected chi connectivity index (χ4v) is 1.63. The number of nitrogens with zero attached hydrogens (tertiary/aromatic N) is 1. The molecule has 0 unspecified atom stereocenters. The van der Waals surface area contributed by atoms with E-state index in [0.29, 0.717) is 0 Å². The Bertz CT molecular complexity index is 397. The Morgan fingerprint density at radius 2 is 2.18 bits per heavy atom. The first-order valence-electron chi connectivity index (χ1n) is 4.90. The predicted molar refractivity (Wildman–Crippen MR) is 61.9 cm³/mol. The summed E-state index contributed by atoms with van der Waals surface area (Å²) in [7, 11) is 0. The largest absolute Gasteiger partial charge is 0.479 e. The Morgan fingerprint density at radius 1 is 1.53 bits per heavy atom. The number of aliphatic carboxylic acids is 1. The molecule has 0 saturated carbocycles. The van der Waals surface area contributed by atoms with Gasteiger partial charge in [-0.3, -0.25) is 0 Å². The normalized spacial score (nSPS) is 12.9. The van der Waals surface area contributed by atoms with E-state index in [9.17, 15) is 9.59 Å². The zero-order chi connectivity index (χ0) is 13.1. The van der Waals surface area contributed by atoms with Gasteiger partial charge in [0.1, 0.15) is 5.60 Å². The standard InChI is InChI=1S/C10H14N2O4S/c1-10(2,3)16-9(15)12-7(8(13)14)6-4-17-5-11-6/h4-5,7H,1-3H3,(H,12,15)(H,13,14)/t7-/m1/s1. The minimum atomic E-state index is -1.18. The van der Waals surface area contributed by atoms with Gasteiger partial charge in [0.15, 0.2) is 6.04 Å². The Balaban J connectivity index is 2.69. The molecule has 1 aromatic rings. The number of amides is 1. The molecule has 0 aliphatic rings. The van der Waals surface area contributed by atoms with Crippen LogP contribution in [0.2, 0.25) is 0 Å². The second kappa shape index (κ2) is 5.13. The maximum absolute atomic E-state index is 11.4. The molecule has 1 rings (SSSR count). The van der Waals surface area contributed by atoms with Gasteiger partial charge in [0.2, 0.25) is 0 Å². The zero-order valence-electron chi connectivity index (χ0n) is 9.76. The van der Waals surface area contributed by atoms with E-state index in [2.05, 4.69) is 10.3 Å². The lowest BCUT2D eigenvalue weighted by Crippen LogP contribution is -2.38. The SMILES string of the molecule is CC(C)(C)OC(=O)N[C@@H](C(=O)O)c1cscn1. The van der Waals surface area contributed by atoms with E-state index >= 15 is 0 Å². The third-order valence-electron chi connectivity index (χ3n) is 1.66. The van der Waals surface area contributed by atoms with Crippen molar-refractivity contribution < 1.29 is 19.4 Å². The molecule has 94 valence electrons. The van der Waals surface area contributed by atoms with Crippen molar-refractivity contribution in [1.82, 2.24) is 10.3 Å². The first kappa shape index (κ1) is 13.4. The molecule has 0 aliphatic heterocycles. The van der Waals surface area contributed by atoms with E-state index in [-0.39, 0.29) is 5.69 Å². The fourth-order valence-electron chi connectivity index (χ4n) is 1.05. The third kappa shape index (κ3) is 4.39. The van der Waals surface area contributed by atoms with Gasteiger partial charge >= 0.3 is 12.1 Å². The predicted octanol–water partition coefficient (Wildman–Crippen LogP) is 1.79. The molecule has 0 aromatic carbocycles. The van der Waals surface area contributed by atoms with Gasteiger partial charge < -0.3 is 15.2 Å². The second-order valence-corrected chi connectivity index (χ2v) is 5.05. The minimum absolute atomic E-state index is 0.286. The summed E-state index contributed by atoms with van der Waals surface area (Å²) in [6, 6.07) is -1.18. The van der Waals surface area contributed by atoms with Gasteiger partial charge in [-0.2, -0.15) is 0 Å². The Morgan fingerprint density at radius 3 is 2.59 bits per heavy atom. The molecule has 1 aromatic heterocycles. The van der Waals surface area contributed by atoms with Crippen LogP contribution in [0.25, 0.3) is 0 Å². The Hall–Kier alpha value is -1.63. The number of aromatic nitrogens is 1. The highest BCUT2D eigenvalue weighted by Crippen LogP contribution is 2.14. The van der Waals surface area contributed by atoms with E-state index in [1.807, 2.05) is 0 Å². The summed E-state index contributed by atoms with van der Waals surface area (Å²) in [4.78, 5) is 26.3. The van der Waals surface area contributed by atoms with Gasteiger partial charge in [-0.1, -0.05) is 0 Å². The molecule has 0 aliphatic carbocycles. The first-order valence-corrected chi connectivity index (χ1v) is 5.84. The summed E-state index contributed by atoms with van der Waals surface area (Å²) in [5.74, 6) is -1.18. The zero-order valence-corrected chi connectivity index (χ0v) is 10.6. The van der Waals surface area contributed by atoms with E-state index in [4.69, 9.17) is 9.84 Å². The van der Waals surface area contributed by atoms with Crippen LogP contribution >= 0.6 is 11.3 Å². The number of hydrogen-bond donors (Lipinski definition) is 2. The number of thiazole rings is 1. The number of ether oxygens (including phenoxy) is 1. The van der Waals surface area contributed by atoms with E-state index < -0.39 is 23.7 Å². The van der Waals surface area contributed by atoms with Crippen LogP contribution in [0.1, 0.15) is 32.5 Å². The first-order chi connectivity index (χ1) is 7.79. The van der Waals surface area contributed by atoms with Gasteiger partial charge in [0.05, 0.1) is 11.2 Å². The summed E-state index contributed by atoms with van der Waals surface area (Å²) in [6.45, 7) is 5.10. The lowest BCUT2D eigenvalue weighted by molar-refractivity contribution is -0.139. The topological polar surface area (TPSA) is 88.5 Å². The third-order valence-corrected chi connectivity index (χ3v) is 2.26. The number of carboxylic acid groups (broad SMARTS) is 1. The van der Waals surface area contributed by atoms with Gasteiger partial charge in [-0.15, -0.1) is 11.3 Å². The molecular formula is C10H14N2O4S. The van der Waals surface area contributed by atoms with Crippen LogP contribution in [0.5, 0.6) is 0 Å². The molecule has 17 heavy (non-hydrogen) atoms. The van der Waals surface area contributed by atoms with Crippen molar-refractivity contribution in [3.05, 3.63) is 16.6 Å². The average molecular weight is 258 g/mol. The molecular weight excluding hydrogens is 244 g/mol. The molecule has 1 heterocycles. The number of hydrogen-bond acceptors (Lipinski definition) is 5. The molecule has 7 heteroatoms. The quantitative estimate of drug-likeness (QED) is 0.862. The van der Waals surface area contributed by atoms with Crippen molar-refractivity contribution in [2.75, 3.05) is 0 Å². The van der Waals surface area contributed by atoms with Gasteiger partial charge in [0.25, 0.3) is 0 Å². The summed E-state index contributed by atoms with van der Waals surface area (Å²) < 4.78 is 4.98. The number of nitrogens with one attached hydrogen (secondary N) is 1. The highest BCUT2D eigenvalue weighted by Gasteiger charge is 2.26. The Labute approximate surface area is 103 Å². The minimum Gasteiger partial charge on any atom is -0.479 e. The lowest BCUT2D eigenvalue weighted by atomic mass is 10.2. The summed E-state index contributed by atoms with van der Waals surface area (Å²) in [5.41, 5.74) is 1.12. The van der Waals surface area contributed by atoms with Crippen LogP contribution in [0.4, 0.5) is 4.79 Å². The van der Waals surface area contributed by atoms with Gasteiger partial charge in [-0.25, -0.2) is 14.6 Å². The molecule has 1 amide bonds. The van der Waals surface area contributed by atoms with Crippen molar-refractivity contribution in [1.29, 1.82) is 0 Å². The summed E-state index contributed by atoms with van der Waals surface area (Å²) in [6.07, 6.45) is -0.780. The van der Waals surface area contributed by atoms with Crippen LogP contribution in [-0.2, 0) is 9.53 Å². The molecule has 0 fully saturated rings. The fraction of sp³-hybridized carbons (Fsp3) is 0.500. The highest BCUT2D eigenvalue weighted by molar-refractivity contribution is 7.07. The summed E-state index contributed by atoms with van der Waals surface area (Å²) in [5, 5.41) is 12.8. The number of carbonyl (C=O) groups is 2.